The summed E-state index contributed by atoms with van der Waals surface area (Å²) in [5.41, 5.74) is 5.20. The zero-order chi connectivity index (χ0) is 28.2. The number of carbonyl (C=O) groups excluding carboxylic acids is 1. The van der Waals surface area contributed by atoms with Crippen molar-refractivity contribution in [1.29, 1.82) is 0 Å². The van der Waals surface area contributed by atoms with Crippen LogP contribution in [0, 0.1) is 0 Å². The number of carboxylic acids is 1. The molecule has 0 aromatic heterocycles. The molecule has 0 bridgehead atoms. The summed E-state index contributed by atoms with van der Waals surface area (Å²) < 4.78 is 32.4. The fraction of sp³-hybridized carbons (Fsp3) is 0.259. The van der Waals surface area contributed by atoms with Gasteiger partial charge in [-0.15, -0.1) is 0 Å². The molecule has 39 heavy (non-hydrogen) atoms. The van der Waals surface area contributed by atoms with Crippen LogP contribution in [0.2, 0.25) is 0 Å². The molecule has 4 rings (SSSR count). The molecule has 1 atom stereocenters. The number of fused-ring (bicyclic) bond motifs is 3. The smallest absolute Gasteiger partial charge is 0.407 e. The van der Waals surface area contributed by atoms with Crippen LogP contribution < -0.4 is 5.32 Å². The number of halogens is 3. The third-order valence-corrected chi connectivity index (χ3v) is 7.63. The first-order valence-electron chi connectivity index (χ1n) is 11.8. The summed E-state index contributed by atoms with van der Waals surface area (Å²) >= 11 is 16.6. The predicted molar refractivity (Wildman–Crippen MR) is 149 cm³/mol. The summed E-state index contributed by atoms with van der Waals surface area (Å²) in [7, 11) is -4.00. The Morgan fingerprint density at radius 2 is 1.44 bits per heavy atom. The van der Waals surface area contributed by atoms with Gasteiger partial charge in [-0.25, -0.2) is 9.59 Å². The Morgan fingerprint density at radius 1 is 0.897 bits per heavy atom. The molecule has 0 radical (unpaired) electrons. The van der Waals surface area contributed by atoms with Crippen LogP contribution in [-0.2, 0) is 36.0 Å². The highest BCUT2D eigenvalue weighted by molar-refractivity contribution is 7.85. The van der Waals surface area contributed by atoms with Crippen molar-refractivity contribution in [3.63, 3.8) is 0 Å². The number of hydrogen-bond donors (Lipinski definition) is 2. The summed E-state index contributed by atoms with van der Waals surface area (Å²) in [6.45, 7) is -0.574. The zero-order valence-electron chi connectivity index (χ0n) is 20.4. The van der Waals surface area contributed by atoms with E-state index in [4.69, 9.17) is 43.7 Å². The first kappa shape index (κ1) is 29.2. The monoisotopic (exact) mass is 611 g/mol. The lowest BCUT2D eigenvalue weighted by atomic mass is 9.98. The van der Waals surface area contributed by atoms with E-state index in [1.165, 1.54) is 12.1 Å². The van der Waals surface area contributed by atoms with Gasteiger partial charge in [-0.3, -0.25) is 4.18 Å². The minimum Gasteiger partial charge on any atom is -0.480 e. The normalized spacial score (nSPS) is 13.8. The van der Waals surface area contributed by atoms with E-state index in [2.05, 4.69) is 5.32 Å². The van der Waals surface area contributed by atoms with E-state index < -0.39 is 44.4 Å². The van der Waals surface area contributed by atoms with Crippen molar-refractivity contribution in [2.75, 3.05) is 13.2 Å². The van der Waals surface area contributed by atoms with Crippen LogP contribution >= 0.6 is 34.8 Å². The fourth-order valence-corrected chi connectivity index (χ4v) is 5.79. The van der Waals surface area contributed by atoms with Crippen molar-refractivity contribution in [1.82, 2.24) is 5.32 Å². The van der Waals surface area contributed by atoms with Crippen molar-refractivity contribution in [3.05, 3.63) is 95.1 Å². The molecule has 1 unspecified atom stereocenters. The third kappa shape index (κ3) is 7.86. The minimum absolute atomic E-state index is 0.0453. The Labute approximate surface area is 240 Å². The van der Waals surface area contributed by atoms with Crippen LogP contribution in [0.5, 0.6) is 0 Å². The number of carboxylic acid groups (broad SMARTS) is 1. The van der Waals surface area contributed by atoms with E-state index in [1.54, 1.807) is 12.1 Å². The van der Waals surface area contributed by atoms with Gasteiger partial charge in [0.2, 0.25) is 3.79 Å². The van der Waals surface area contributed by atoms with E-state index in [1.807, 2.05) is 48.5 Å². The second kappa shape index (κ2) is 12.1. The highest BCUT2D eigenvalue weighted by atomic mass is 35.6. The molecule has 3 aromatic rings. The Hall–Kier alpha value is -2.82. The molecule has 0 saturated carbocycles. The van der Waals surface area contributed by atoms with E-state index in [9.17, 15) is 23.1 Å². The Kier molecular flexibility index (Phi) is 9.08. The predicted octanol–water partition coefficient (Wildman–Crippen LogP) is 5.44. The standard InChI is InChI=1S/C27H24Cl3NO7S/c28-27(29,30)16-38-39(35,36)15-18-11-9-17(10-12-18)13-24(25(32)33)31-26(34)37-14-23-21-7-3-1-5-19(21)20-6-2-4-8-22(20)23/h1-12,23-24H,13-16H2,(H,31,34)(H,32,33). The Morgan fingerprint density at radius 3 is 1.97 bits per heavy atom. The number of nitrogens with one attached hydrogen (secondary N) is 1. The molecule has 0 saturated heterocycles. The van der Waals surface area contributed by atoms with Gasteiger partial charge in [0.1, 0.15) is 25.0 Å². The molecule has 2 N–H and O–H groups in total. The average molecular weight is 613 g/mol. The lowest BCUT2D eigenvalue weighted by Crippen LogP contribution is -2.42. The summed E-state index contributed by atoms with van der Waals surface area (Å²) in [6, 6.07) is 20.7. The molecule has 0 fully saturated rings. The number of carbonyl (C=O) groups is 2. The number of alkyl carbamates (subject to hydrolysis) is 1. The molecule has 1 aliphatic carbocycles. The molecule has 0 heterocycles. The van der Waals surface area contributed by atoms with E-state index in [-0.39, 0.29) is 18.9 Å². The van der Waals surface area contributed by atoms with Crippen molar-refractivity contribution < 1.29 is 32.0 Å². The number of benzene rings is 3. The summed E-state index contributed by atoms with van der Waals surface area (Å²) in [5.74, 6) is -1.86. The molecule has 1 aliphatic rings. The van der Waals surface area contributed by atoms with Crippen LogP contribution in [0.4, 0.5) is 4.79 Å². The summed E-state index contributed by atoms with van der Waals surface area (Å²) in [5, 5.41) is 12.1. The number of hydrogen-bond acceptors (Lipinski definition) is 6. The van der Waals surface area contributed by atoms with Crippen LogP contribution in [-0.4, -0.2) is 48.6 Å². The lowest BCUT2D eigenvalue weighted by molar-refractivity contribution is -0.139. The number of rotatable bonds is 10. The van der Waals surface area contributed by atoms with Crippen LogP contribution in [0.3, 0.4) is 0 Å². The lowest BCUT2D eigenvalue weighted by Gasteiger charge is -2.18. The summed E-state index contributed by atoms with van der Waals surface area (Å²) in [6.07, 6.45) is -0.894. The molecule has 0 aliphatic heterocycles. The van der Waals surface area contributed by atoms with Gasteiger partial charge in [0, 0.05) is 12.3 Å². The minimum atomic E-state index is -4.00. The molecule has 3 aromatic carbocycles. The van der Waals surface area contributed by atoms with Gasteiger partial charge in [-0.2, -0.15) is 8.42 Å². The van der Waals surface area contributed by atoms with Gasteiger partial charge < -0.3 is 15.2 Å². The van der Waals surface area contributed by atoms with Gasteiger partial charge in [0.15, 0.2) is 0 Å². The molecule has 0 spiro atoms. The summed E-state index contributed by atoms with van der Waals surface area (Å²) in [4.78, 5) is 24.4. The van der Waals surface area contributed by atoms with Gasteiger partial charge in [-0.05, 0) is 33.4 Å². The van der Waals surface area contributed by atoms with E-state index in [0.29, 0.717) is 11.1 Å². The third-order valence-electron chi connectivity index (χ3n) is 6.14. The molecule has 1 amide bonds. The van der Waals surface area contributed by atoms with Gasteiger partial charge >= 0.3 is 12.1 Å². The first-order valence-corrected chi connectivity index (χ1v) is 14.5. The molecular weight excluding hydrogens is 589 g/mol. The van der Waals surface area contributed by atoms with Gasteiger partial charge in [-0.1, -0.05) is 108 Å². The van der Waals surface area contributed by atoms with Crippen molar-refractivity contribution in [3.8, 4) is 11.1 Å². The second-order valence-electron chi connectivity index (χ2n) is 8.96. The van der Waals surface area contributed by atoms with Crippen LogP contribution in [0.25, 0.3) is 11.1 Å². The quantitative estimate of drug-likeness (QED) is 0.231. The zero-order valence-corrected chi connectivity index (χ0v) is 23.4. The topological polar surface area (TPSA) is 119 Å². The second-order valence-corrected chi connectivity index (χ2v) is 13.1. The number of aliphatic carboxylic acids is 1. The average Bonchev–Trinajstić information content (AvgIpc) is 3.20. The Bertz CT molecular complexity index is 1410. The fourth-order valence-electron chi connectivity index (χ4n) is 4.39. The number of amides is 1. The van der Waals surface area contributed by atoms with E-state index >= 15 is 0 Å². The SMILES string of the molecule is O=C(NC(Cc1ccc(CS(=O)(=O)OCC(Cl)(Cl)Cl)cc1)C(=O)O)OCC1c2ccccc2-c2ccccc21. The highest BCUT2D eigenvalue weighted by Gasteiger charge is 2.30. The van der Waals surface area contributed by atoms with Crippen molar-refractivity contribution in [2.24, 2.45) is 0 Å². The maximum atomic E-state index is 12.6. The number of ether oxygens (including phenoxy) is 1. The molecular formula is C27H24Cl3NO7S. The van der Waals surface area contributed by atoms with Crippen molar-refractivity contribution >= 4 is 57.0 Å². The van der Waals surface area contributed by atoms with Crippen LogP contribution in [0.15, 0.2) is 72.8 Å². The maximum absolute atomic E-state index is 12.6. The highest BCUT2D eigenvalue weighted by Crippen LogP contribution is 2.44. The Balaban J connectivity index is 1.34. The maximum Gasteiger partial charge on any atom is 0.407 e. The first-order chi connectivity index (χ1) is 18.4. The molecule has 206 valence electrons. The molecule has 12 heteroatoms. The van der Waals surface area contributed by atoms with Crippen LogP contribution in [0.1, 0.15) is 28.2 Å². The van der Waals surface area contributed by atoms with Gasteiger partial charge in [0.25, 0.3) is 10.1 Å². The number of alkyl halides is 3. The van der Waals surface area contributed by atoms with E-state index in [0.717, 1.165) is 22.3 Å². The van der Waals surface area contributed by atoms with Gasteiger partial charge in [0.05, 0.1) is 0 Å². The largest absolute Gasteiger partial charge is 0.480 e. The molecule has 8 nitrogen and oxygen atoms in total. The van der Waals surface area contributed by atoms with Crippen molar-refractivity contribution in [2.45, 2.75) is 27.9 Å².